The quantitative estimate of drug-likeness (QED) is 0.340. The standard InChI is InChI=1S/B3H8N4S4/c4-8-2(9-5)1-3(10-6)11-7/h4-7H2. The minimum atomic E-state index is 0.0482. The molecular weight excluding hydrogens is 217 g/mol. The Kier molecular flexibility index (Phi) is 9.10. The summed E-state index contributed by atoms with van der Waals surface area (Å²) in [6.07, 6.45) is 0. The van der Waals surface area contributed by atoms with E-state index < -0.39 is 0 Å². The average Bonchev–Trinajstić information content (AvgIpc) is 2.07. The van der Waals surface area contributed by atoms with Gasteiger partial charge in [0, 0.05) is 0 Å². The largest absolute Gasteiger partial charge is 0.287 e. The predicted octanol–water partition coefficient (Wildman–Crippen LogP) is -0.912. The highest BCUT2D eigenvalue weighted by Gasteiger charge is 2.23. The lowest BCUT2D eigenvalue weighted by Gasteiger charge is -2.08. The molecule has 0 aliphatic heterocycles. The Morgan fingerprint density at radius 3 is 1.18 bits per heavy atom. The van der Waals surface area contributed by atoms with Crippen molar-refractivity contribution in [2.24, 2.45) is 20.6 Å². The molecule has 0 amide bonds. The van der Waals surface area contributed by atoms with Gasteiger partial charge in [-0.25, -0.2) is 0 Å². The molecule has 0 aromatic carbocycles. The number of hydrogen-bond donors (Lipinski definition) is 4. The molecule has 0 saturated carbocycles. The summed E-state index contributed by atoms with van der Waals surface area (Å²) in [5, 5.41) is 21.4. The van der Waals surface area contributed by atoms with Crippen molar-refractivity contribution in [1.82, 2.24) is 0 Å². The molecule has 0 fully saturated rings. The molecule has 0 aromatic rings. The highest BCUT2D eigenvalue weighted by atomic mass is 32.2. The van der Waals surface area contributed by atoms with Crippen molar-refractivity contribution < 1.29 is 0 Å². The maximum absolute atomic E-state index is 5.33. The normalized spacial score (nSPS) is 9.45. The Morgan fingerprint density at radius 2 is 1.00 bits per heavy atom. The second-order valence-corrected chi connectivity index (χ2v) is 5.19. The van der Waals surface area contributed by atoms with Gasteiger partial charge in [0.1, 0.15) is 7.06 Å². The van der Waals surface area contributed by atoms with E-state index in [1.807, 2.05) is 7.06 Å². The van der Waals surface area contributed by atoms with E-state index in [1.54, 1.807) is 0 Å². The van der Waals surface area contributed by atoms with Crippen molar-refractivity contribution in [2.75, 3.05) is 0 Å². The molecule has 0 aliphatic rings. The molecule has 11 heavy (non-hydrogen) atoms. The average molecular weight is 225 g/mol. The maximum Gasteiger partial charge on any atom is 0.263 e. The van der Waals surface area contributed by atoms with Crippen LogP contribution in [0.3, 0.4) is 0 Å². The summed E-state index contributed by atoms with van der Waals surface area (Å²) in [4.78, 5) is 0. The van der Waals surface area contributed by atoms with Crippen LogP contribution in [-0.2, 0) is 0 Å². The Morgan fingerprint density at radius 1 is 0.727 bits per heavy atom. The third kappa shape index (κ3) is 5.64. The monoisotopic (exact) mass is 225 g/mol. The second kappa shape index (κ2) is 8.05. The molecule has 0 bridgehead atoms. The lowest BCUT2D eigenvalue weighted by molar-refractivity contribution is 2.06. The fraction of sp³-hybridized carbons (Fsp3) is 0. The third-order valence-electron chi connectivity index (χ3n) is 0.851. The van der Waals surface area contributed by atoms with Crippen LogP contribution in [0.5, 0.6) is 0 Å². The van der Waals surface area contributed by atoms with Crippen LogP contribution in [-0.4, -0.2) is 17.4 Å². The Hall–Kier alpha value is 1.43. The van der Waals surface area contributed by atoms with Crippen LogP contribution in [0.2, 0.25) is 0 Å². The molecule has 0 aromatic heterocycles. The first-order chi connectivity index (χ1) is 5.28. The fourth-order valence-electron chi connectivity index (χ4n) is 0.374. The van der Waals surface area contributed by atoms with Gasteiger partial charge >= 0.3 is 0 Å². The van der Waals surface area contributed by atoms with Crippen molar-refractivity contribution in [2.45, 2.75) is 0 Å². The van der Waals surface area contributed by atoms with Crippen LogP contribution in [0.4, 0.5) is 0 Å². The van der Waals surface area contributed by atoms with E-state index in [1.165, 1.54) is 47.2 Å². The first-order valence-corrected chi connectivity index (χ1v) is 6.32. The number of rotatable bonds is 6. The molecule has 0 aliphatic carbocycles. The van der Waals surface area contributed by atoms with Gasteiger partial charge in [-0.15, -0.1) is 47.2 Å². The van der Waals surface area contributed by atoms with Crippen molar-refractivity contribution in [3.63, 3.8) is 0 Å². The Labute approximate surface area is 85.0 Å². The van der Waals surface area contributed by atoms with Crippen molar-refractivity contribution >= 4 is 64.6 Å². The van der Waals surface area contributed by atoms with Gasteiger partial charge in [0.2, 0.25) is 0 Å². The van der Waals surface area contributed by atoms with Crippen LogP contribution < -0.4 is 20.6 Å². The van der Waals surface area contributed by atoms with Crippen molar-refractivity contribution in [3.8, 4) is 0 Å². The molecule has 11 heteroatoms. The molecule has 0 rings (SSSR count). The smallest absolute Gasteiger partial charge is 0.263 e. The Balaban J connectivity index is 3.58. The van der Waals surface area contributed by atoms with Crippen LogP contribution in [0, 0.1) is 0 Å². The highest BCUT2D eigenvalue weighted by Crippen LogP contribution is 2.14. The summed E-state index contributed by atoms with van der Waals surface area (Å²) in [7, 11) is 1.91. The zero-order chi connectivity index (χ0) is 8.69. The predicted molar refractivity (Wildman–Crippen MR) is 64.4 cm³/mol. The molecule has 0 saturated heterocycles. The number of hydrogen-bond acceptors (Lipinski definition) is 8. The van der Waals surface area contributed by atoms with Crippen LogP contribution in [0.1, 0.15) is 0 Å². The summed E-state index contributed by atoms with van der Waals surface area (Å²) in [5.41, 5.74) is 0. The van der Waals surface area contributed by atoms with Gasteiger partial charge < -0.3 is 0 Å². The van der Waals surface area contributed by atoms with E-state index in [0.717, 1.165) is 0 Å². The summed E-state index contributed by atoms with van der Waals surface area (Å²) in [5.74, 6) is 0. The topological polar surface area (TPSA) is 104 Å². The minimum absolute atomic E-state index is 0.0482. The summed E-state index contributed by atoms with van der Waals surface area (Å²) in [6, 6.07) is 0. The van der Waals surface area contributed by atoms with Crippen LogP contribution >= 0.6 is 47.2 Å². The van der Waals surface area contributed by atoms with Gasteiger partial charge in [-0.1, -0.05) is 0 Å². The third-order valence-corrected chi connectivity index (χ3v) is 3.89. The summed E-state index contributed by atoms with van der Waals surface area (Å²) >= 11 is 4.69. The molecule has 0 unspecified atom stereocenters. The van der Waals surface area contributed by atoms with E-state index in [2.05, 4.69) is 0 Å². The highest BCUT2D eigenvalue weighted by molar-refractivity contribution is 8.66. The van der Waals surface area contributed by atoms with Crippen LogP contribution in [0.15, 0.2) is 0 Å². The van der Waals surface area contributed by atoms with Gasteiger partial charge in [-0.3, -0.25) is 20.6 Å². The van der Waals surface area contributed by atoms with E-state index in [4.69, 9.17) is 20.6 Å². The summed E-state index contributed by atoms with van der Waals surface area (Å²) < 4.78 is 0. The first-order valence-electron chi connectivity index (χ1n) is 2.55. The molecule has 0 spiro atoms. The van der Waals surface area contributed by atoms with E-state index in [0.29, 0.717) is 0 Å². The van der Waals surface area contributed by atoms with E-state index in [-0.39, 0.29) is 10.3 Å². The Bertz CT molecular complexity index is 75.4. The molecule has 0 heterocycles. The maximum atomic E-state index is 5.33. The van der Waals surface area contributed by atoms with Gasteiger partial charge in [0.05, 0.1) is 0 Å². The summed E-state index contributed by atoms with van der Waals surface area (Å²) in [6.45, 7) is 0. The van der Waals surface area contributed by atoms with Gasteiger partial charge in [-0.05, 0) is 0 Å². The molecule has 0 atom stereocenters. The van der Waals surface area contributed by atoms with Gasteiger partial charge in [0.15, 0.2) is 0 Å². The lowest BCUT2D eigenvalue weighted by atomic mass is 9.35. The minimum Gasteiger partial charge on any atom is -0.287 e. The molecule has 1 radical (unpaired) electrons. The zero-order valence-electron chi connectivity index (χ0n) is 5.67. The first kappa shape index (κ1) is 12.4. The molecule has 61 valence electrons. The van der Waals surface area contributed by atoms with Gasteiger partial charge in [-0.2, -0.15) is 0 Å². The fourth-order valence-corrected chi connectivity index (χ4v) is 2.28. The molecule has 4 nitrogen and oxygen atoms in total. The van der Waals surface area contributed by atoms with Gasteiger partial charge in [0.25, 0.3) is 10.3 Å². The zero-order valence-corrected chi connectivity index (χ0v) is 8.94. The lowest BCUT2D eigenvalue weighted by Crippen LogP contribution is -2.32. The van der Waals surface area contributed by atoms with Crippen LogP contribution in [0.25, 0.3) is 0 Å². The number of nitrogens with two attached hydrogens (primary N) is 4. The second-order valence-electron chi connectivity index (χ2n) is 1.47. The van der Waals surface area contributed by atoms with Crippen molar-refractivity contribution in [1.29, 1.82) is 0 Å². The molecular formula is H8B3N4S4. The molecule has 8 N–H and O–H groups in total. The van der Waals surface area contributed by atoms with E-state index in [9.17, 15) is 0 Å². The SMILES string of the molecule is NSB([B]B(SN)SN)SN. The van der Waals surface area contributed by atoms with Crippen molar-refractivity contribution in [3.05, 3.63) is 0 Å². The van der Waals surface area contributed by atoms with E-state index >= 15 is 0 Å².